The molecule has 1 saturated heterocycles. The standard InChI is InChI=1S/C21H33N3O3/c1-15(2)17-9-7-16(8-10-17)13-24-12-6-11-21(27,19(24)26)14-23-20(3,4)18(25)22-5/h7-10,15,23,27H,6,11-14H2,1-5H3,(H,22,25). The number of amides is 2. The summed E-state index contributed by atoms with van der Waals surface area (Å²) in [5, 5.41) is 16.6. The molecule has 1 aliphatic rings. The van der Waals surface area contributed by atoms with Crippen LogP contribution in [0.1, 0.15) is 57.6 Å². The summed E-state index contributed by atoms with van der Waals surface area (Å²) in [6, 6.07) is 8.27. The lowest BCUT2D eigenvalue weighted by Crippen LogP contribution is -2.62. The van der Waals surface area contributed by atoms with Crippen molar-refractivity contribution >= 4 is 11.8 Å². The molecule has 1 aliphatic heterocycles. The summed E-state index contributed by atoms with van der Waals surface area (Å²) < 4.78 is 0. The number of hydrogen-bond donors (Lipinski definition) is 3. The van der Waals surface area contributed by atoms with Gasteiger partial charge in [-0.05, 0) is 43.7 Å². The lowest BCUT2D eigenvalue weighted by molar-refractivity contribution is -0.158. The number of nitrogens with zero attached hydrogens (tertiary/aromatic N) is 1. The molecule has 1 aromatic carbocycles. The zero-order valence-corrected chi connectivity index (χ0v) is 17.1. The first-order chi connectivity index (χ1) is 12.6. The van der Waals surface area contributed by atoms with Gasteiger partial charge in [-0.25, -0.2) is 0 Å². The van der Waals surface area contributed by atoms with Crippen LogP contribution >= 0.6 is 0 Å². The average molecular weight is 376 g/mol. The Hall–Kier alpha value is -1.92. The molecule has 2 amide bonds. The molecule has 0 radical (unpaired) electrons. The van der Waals surface area contributed by atoms with E-state index in [0.717, 1.165) is 12.0 Å². The predicted molar refractivity (Wildman–Crippen MR) is 106 cm³/mol. The minimum atomic E-state index is -1.48. The maximum absolute atomic E-state index is 12.9. The van der Waals surface area contributed by atoms with Gasteiger partial charge in [0.25, 0.3) is 5.91 Å². The van der Waals surface area contributed by atoms with Crippen LogP contribution in [0.15, 0.2) is 24.3 Å². The average Bonchev–Trinajstić information content (AvgIpc) is 2.64. The number of aliphatic hydroxyl groups is 1. The quantitative estimate of drug-likeness (QED) is 0.678. The SMILES string of the molecule is CNC(=O)C(C)(C)NCC1(O)CCCN(Cc2ccc(C(C)C)cc2)C1=O. The zero-order chi connectivity index (χ0) is 20.2. The normalized spacial score (nSPS) is 20.9. The highest BCUT2D eigenvalue weighted by atomic mass is 16.3. The third-order valence-electron chi connectivity index (χ3n) is 5.34. The molecule has 1 heterocycles. The van der Waals surface area contributed by atoms with Crippen LogP contribution in [0.25, 0.3) is 0 Å². The Balaban J connectivity index is 2.04. The third-order valence-corrected chi connectivity index (χ3v) is 5.34. The molecule has 27 heavy (non-hydrogen) atoms. The van der Waals surface area contributed by atoms with Gasteiger partial charge in [-0.15, -0.1) is 0 Å². The summed E-state index contributed by atoms with van der Waals surface area (Å²) in [5.74, 6) is 0.00820. The third kappa shape index (κ3) is 5.08. The van der Waals surface area contributed by atoms with Gasteiger partial charge < -0.3 is 20.6 Å². The molecule has 1 atom stereocenters. The number of carbonyl (C=O) groups is 2. The van der Waals surface area contributed by atoms with Gasteiger partial charge in [-0.2, -0.15) is 0 Å². The number of likely N-dealkylation sites (tertiary alicyclic amines) is 1. The molecule has 0 bridgehead atoms. The van der Waals surface area contributed by atoms with Gasteiger partial charge in [0.15, 0.2) is 5.60 Å². The van der Waals surface area contributed by atoms with Gasteiger partial charge in [0.2, 0.25) is 5.91 Å². The molecule has 1 unspecified atom stereocenters. The Bertz CT molecular complexity index is 670. The minimum absolute atomic E-state index is 0.0506. The highest BCUT2D eigenvalue weighted by molar-refractivity contribution is 5.87. The van der Waals surface area contributed by atoms with Crippen LogP contribution in [0.2, 0.25) is 0 Å². The van der Waals surface area contributed by atoms with Gasteiger partial charge in [-0.3, -0.25) is 9.59 Å². The van der Waals surface area contributed by atoms with Gasteiger partial charge in [0.05, 0.1) is 5.54 Å². The van der Waals surface area contributed by atoms with Crippen molar-refractivity contribution in [1.29, 1.82) is 0 Å². The highest BCUT2D eigenvalue weighted by Gasteiger charge is 2.43. The number of piperidine rings is 1. The second-order valence-electron chi connectivity index (χ2n) is 8.32. The fraction of sp³-hybridized carbons (Fsp3) is 0.619. The zero-order valence-electron chi connectivity index (χ0n) is 17.1. The molecule has 150 valence electrons. The van der Waals surface area contributed by atoms with E-state index in [-0.39, 0.29) is 18.4 Å². The largest absolute Gasteiger partial charge is 0.379 e. The fourth-order valence-electron chi connectivity index (χ4n) is 3.37. The number of likely N-dealkylation sites (N-methyl/N-ethyl adjacent to an activating group) is 1. The maximum atomic E-state index is 12.9. The van der Waals surface area contributed by atoms with Crippen molar-refractivity contribution in [2.24, 2.45) is 0 Å². The molecule has 0 aliphatic carbocycles. The Kier molecular flexibility index (Phi) is 6.65. The van der Waals surface area contributed by atoms with E-state index in [1.807, 2.05) is 12.1 Å². The first kappa shape index (κ1) is 21.4. The molecular weight excluding hydrogens is 342 g/mol. The molecule has 6 heteroatoms. The summed E-state index contributed by atoms with van der Waals surface area (Å²) in [5.41, 5.74) is -0.0299. The molecule has 3 N–H and O–H groups in total. The first-order valence-electron chi connectivity index (χ1n) is 9.67. The molecule has 0 aromatic heterocycles. The van der Waals surface area contributed by atoms with Crippen molar-refractivity contribution in [3.8, 4) is 0 Å². The molecule has 0 spiro atoms. The van der Waals surface area contributed by atoms with E-state index in [9.17, 15) is 14.7 Å². The van der Waals surface area contributed by atoms with Crippen molar-refractivity contribution in [1.82, 2.24) is 15.5 Å². The van der Waals surface area contributed by atoms with Crippen molar-refractivity contribution in [2.75, 3.05) is 20.1 Å². The second-order valence-corrected chi connectivity index (χ2v) is 8.32. The molecule has 1 fully saturated rings. The van der Waals surface area contributed by atoms with Gasteiger partial charge >= 0.3 is 0 Å². The molecule has 6 nitrogen and oxygen atoms in total. The van der Waals surface area contributed by atoms with Crippen LogP contribution in [-0.2, 0) is 16.1 Å². The Morgan fingerprint density at radius 1 is 1.30 bits per heavy atom. The summed E-state index contributed by atoms with van der Waals surface area (Å²) >= 11 is 0. The van der Waals surface area contributed by atoms with E-state index in [2.05, 4.69) is 36.6 Å². The van der Waals surface area contributed by atoms with Crippen LogP contribution in [-0.4, -0.2) is 53.1 Å². The van der Waals surface area contributed by atoms with E-state index in [0.29, 0.717) is 25.4 Å². The number of carbonyl (C=O) groups excluding carboxylic acids is 2. The number of benzene rings is 1. The summed E-state index contributed by atoms with van der Waals surface area (Å²) in [4.78, 5) is 26.6. The van der Waals surface area contributed by atoms with Crippen LogP contribution in [0.3, 0.4) is 0 Å². The number of β-amino-alcohol motifs (C(OH)–C–C–N with tert-alkyl or cyclic N) is 1. The molecular formula is C21H33N3O3. The Labute approximate surface area is 162 Å². The second kappa shape index (κ2) is 8.40. The maximum Gasteiger partial charge on any atom is 0.256 e. The van der Waals surface area contributed by atoms with Crippen LogP contribution in [0, 0.1) is 0 Å². The molecule has 1 aromatic rings. The molecule has 0 saturated carbocycles. The van der Waals surface area contributed by atoms with Crippen LogP contribution in [0.4, 0.5) is 0 Å². The number of nitrogens with one attached hydrogen (secondary N) is 2. The fourth-order valence-corrected chi connectivity index (χ4v) is 3.37. The van der Waals surface area contributed by atoms with E-state index < -0.39 is 11.1 Å². The highest BCUT2D eigenvalue weighted by Crippen LogP contribution is 2.25. The number of rotatable bonds is 7. The minimum Gasteiger partial charge on any atom is -0.379 e. The van der Waals surface area contributed by atoms with Gasteiger partial charge in [0.1, 0.15) is 0 Å². The van der Waals surface area contributed by atoms with E-state index >= 15 is 0 Å². The lowest BCUT2D eigenvalue weighted by Gasteiger charge is -2.40. The van der Waals surface area contributed by atoms with Crippen molar-refractivity contribution < 1.29 is 14.7 Å². The summed E-state index contributed by atoms with van der Waals surface area (Å²) in [6.45, 7) is 8.93. The summed E-state index contributed by atoms with van der Waals surface area (Å²) in [6.07, 6.45) is 1.12. The monoisotopic (exact) mass is 375 g/mol. The van der Waals surface area contributed by atoms with Crippen LogP contribution in [0.5, 0.6) is 0 Å². The van der Waals surface area contributed by atoms with Gasteiger partial charge in [0, 0.05) is 26.7 Å². The Morgan fingerprint density at radius 3 is 2.48 bits per heavy atom. The number of hydrogen-bond acceptors (Lipinski definition) is 4. The van der Waals surface area contributed by atoms with E-state index in [4.69, 9.17) is 0 Å². The van der Waals surface area contributed by atoms with Crippen molar-refractivity contribution in [2.45, 2.75) is 64.1 Å². The van der Waals surface area contributed by atoms with E-state index in [1.165, 1.54) is 5.56 Å². The predicted octanol–water partition coefficient (Wildman–Crippen LogP) is 1.78. The van der Waals surface area contributed by atoms with Crippen molar-refractivity contribution in [3.05, 3.63) is 35.4 Å². The Morgan fingerprint density at radius 2 is 1.93 bits per heavy atom. The van der Waals surface area contributed by atoms with Crippen molar-refractivity contribution in [3.63, 3.8) is 0 Å². The van der Waals surface area contributed by atoms with E-state index in [1.54, 1.807) is 25.8 Å². The smallest absolute Gasteiger partial charge is 0.256 e. The topological polar surface area (TPSA) is 81.7 Å². The molecule has 2 rings (SSSR count). The first-order valence-corrected chi connectivity index (χ1v) is 9.67. The summed E-state index contributed by atoms with van der Waals surface area (Å²) in [7, 11) is 1.57. The van der Waals surface area contributed by atoms with Crippen LogP contribution < -0.4 is 10.6 Å². The lowest BCUT2D eigenvalue weighted by atomic mass is 9.90. The van der Waals surface area contributed by atoms with Gasteiger partial charge in [-0.1, -0.05) is 38.1 Å².